The van der Waals surface area contributed by atoms with E-state index in [1.54, 1.807) is 0 Å². The Morgan fingerprint density at radius 1 is 0.387 bits per heavy atom. The average Bonchev–Trinajstić information content (AvgIpc) is 1.02. The van der Waals surface area contributed by atoms with Gasteiger partial charge in [-0.1, -0.05) is 0 Å². The van der Waals surface area contributed by atoms with E-state index in [-0.39, 0.29) is 162 Å². The van der Waals surface area contributed by atoms with E-state index < -0.39 is 71.4 Å². The van der Waals surface area contributed by atoms with Gasteiger partial charge in [-0.25, -0.2) is 0 Å². The number of nitrogens with one attached hydrogen (secondary N) is 16. The van der Waals surface area contributed by atoms with Crippen LogP contribution in [0.25, 0.3) is 0 Å². The zero-order valence-electron chi connectivity index (χ0n) is 52.1. The summed E-state index contributed by atoms with van der Waals surface area (Å²) in [6.45, 7) is 2.29. The Morgan fingerprint density at radius 2 is 0.667 bits per heavy atom. The first-order valence-electron chi connectivity index (χ1n) is 29.1. The quantitative estimate of drug-likeness (QED) is 0.0159. The third-order valence-corrected chi connectivity index (χ3v) is 13.6. The van der Waals surface area contributed by atoms with Crippen molar-refractivity contribution in [2.24, 2.45) is 28.7 Å². The zero-order chi connectivity index (χ0) is 68.7. The summed E-state index contributed by atoms with van der Waals surface area (Å²) in [5.74, 6) is -7.41. The number of benzene rings is 4. The van der Waals surface area contributed by atoms with Crippen LogP contribution in [0, 0.1) is 21.6 Å². The Hall–Kier alpha value is -11.6. The van der Waals surface area contributed by atoms with Gasteiger partial charge in [0.2, 0.25) is 29.5 Å². The number of carbonyl (C=O) groups is 9. The Morgan fingerprint density at radius 3 is 0.957 bits per heavy atom. The summed E-state index contributed by atoms with van der Waals surface area (Å²) in [7, 11) is 5.24. The van der Waals surface area contributed by atoms with Gasteiger partial charge in [-0.2, -0.15) is 0 Å². The van der Waals surface area contributed by atoms with Crippen LogP contribution in [0.4, 0.5) is 22.7 Å². The fourth-order valence-corrected chi connectivity index (χ4v) is 8.92. The molecule has 0 aliphatic rings. The third-order valence-electron chi connectivity index (χ3n) is 13.6. The van der Waals surface area contributed by atoms with Crippen molar-refractivity contribution in [1.82, 2.24) is 42.5 Å². The first-order chi connectivity index (χ1) is 44.3. The smallest absolute Gasteiger partial charge is 0.255 e. The molecular weight excluding hydrogens is 1210 g/mol. The summed E-state index contributed by atoms with van der Waals surface area (Å²) in [4.78, 5) is 123. The van der Waals surface area contributed by atoms with E-state index in [0.717, 1.165) is 0 Å². The molecule has 0 aliphatic carbocycles. The fourth-order valence-electron chi connectivity index (χ4n) is 8.92. The van der Waals surface area contributed by atoms with Crippen LogP contribution >= 0.6 is 0 Å². The zero-order valence-corrected chi connectivity index (χ0v) is 52.1. The van der Waals surface area contributed by atoms with Crippen molar-refractivity contribution in [2.45, 2.75) is 88.9 Å². The lowest BCUT2D eigenvalue weighted by atomic mass is 10.1. The first-order valence-corrected chi connectivity index (χ1v) is 29.1. The highest BCUT2D eigenvalue weighted by Crippen LogP contribution is 2.28. The summed E-state index contributed by atoms with van der Waals surface area (Å²) in [5.41, 5.74) is 27.3. The van der Waals surface area contributed by atoms with Gasteiger partial charge in [0.25, 0.3) is 23.6 Å². The van der Waals surface area contributed by atoms with Crippen LogP contribution in [0.15, 0.2) is 72.8 Å². The van der Waals surface area contributed by atoms with Gasteiger partial charge in [-0.15, -0.1) is 0 Å². The van der Waals surface area contributed by atoms with E-state index in [1.807, 2.05) is 0 Å². The van der Waals surface area contributed by atoms with Crippen molar-refractivity contribution in [3.63, 3.8) is 0 Å². The molecule has 9 amide bonds. The molecule has 0 fully saturated rings. The molecule has 0 spiro atoms. The van der Waals surface area contributed by atoms with E-state index in [1.165, 1.54) is 108 Å². The standard InChI is InChI=1S/C59H83N21O13/c1-31(73-47(81)14-6-7-23-69-56(61)62)49(83)74-33-16-20-44(91-3)37(28-33)50(84)79-41(12-9-25-71-58(65)66)54(88)76-35-18-22-46(93-5)39(30-35)52(86)80-42(13-10-26-72-59(67)68)55(89)77-34-17-21-45(92-4)38(29-34)51(85)78-40(11-8-24-70-57(63)64)53(87)75-32-15-19-43(90-2)36(27-32)48(60)82/h15-22,27-31,40-42H,6-14,23-26H2,1-5H3,(H2,60,82)(H,73,81)(H,74,83)(H,75,87)(H,76,88)(H,77,89)(H,78,85)(H,79,84)(H,80,86)(H4,61,62,69)(H4,63,64,70)(H4,65,66,71)(H4,67,68,72)/t31-,40-,41-,42-/m1/s1. The molecule has 0 saturated heterocycles. The molecule has 502 valence electrons. The highest BCUT2D eigenvalue weighted by molar-refractivity contribution is 6.08. The monoisotopic (exact) mass is 1290 g/mol. The number of hydrogen-bond acceptors (Lipinski definition) is 17. The van der Waals surface area contributed by atoms with Gasteiger partial charge in [0, 0.05) is 55.3 Å². The number of anilines is 4. The first kappa shape index (κ1) is 73.9. The van der Waals surface area contributed by atoms with Crippen molar-refractivity contribution >= 4 is 99.8 Å². The molecule has 0 radical (unpaired) electrons. The predicted molar refractivity (Wildman–Crippen MR) is 348 cm³/mol. The molecule has 93 heavy (non-hydrogen) atoms. The maximum absolute atomic E-state index is 14.4. The summed E-state index contributed by atoms with van der Waals surface area (Å²) in [6, 6.07) is 11.7. The summed E-state index contributed by atoms with van der Waals surface area (Å²) < 4.78 is 21.7. The van der Waals surface area contributed by atoms with Crippen LogP contribution in [0.5, 0.6) is 23.0 Å². The number of hydrogen-bond donors (Lipinski definition) is 21. The van der Waals surface area contributed by atoms with Crippen molar-refractivity contribution in [3.8, 4) is 23.0 Å². The Bertz CT molecular complexity index is 3380. The lowest BCUT2D eigenvalue weighted by Crippen LogP contribution is -2.45. The molecule has 4 aromatic rings. The molecule has 0 saturated carbocycles. The number of nitrogens with two attached hydrogens (primary N) is 5. The molecule has 4 aromatic carbocycles. The van der Waals surface area contributed by atoms with Crippen LogP contribution in [-0.2, 0) is 24.0 Å². The van der Waals surface area contributed by atoms with Gasteiger partial charge in [-0.05, 0) is 131 Å². The van der Waals surface area contributed by atoms with E-state index in [0.29, 0.717) is 19.4 Å². The van der Waals surface area contributed by atoms with Crippen LogP contribution in [0.1, 0.15) is 106 Å². The molecule has 0 aliphatic heterocycles. The van der Waals surface area contributed by atoms with Crippen molar-refractivity contribution in [2.75, 3.05) is 75.9 Å². The maximum atomic E-state index is 14.4. The molecule has 4 rings (SSSR count). The second-order valence-corrected chi connectivity index (χ2v) is 20.6. The molecule has 0 heterocycles. The minimum atomic E-state index is -1.33. The SMILES string of the molecule is COc1ccc(NC(=O)[C@@H](CCCNC(=N)N)NC(=O)c2cc(NC(=O)[C@@H](CCCNC(=N)N)NC(=O)c3cc(NC(=O)[C@@H](CCCNC(=N)N)NC(=O)c4cc(NC(=O)[C@@H](C)NC(=O)CCCCNC(=N)N)ccc4OC)ccc3OC)ccc2OC)cc1C(N)=O. The second kappa shape index (κ2) is 37.4. The van der Waals surface area contributed by atoms with E-state index in [4.69, 9.17) is 69.3 Å². The van der Waals surface area contributed by atoms with Gasteiger partial charge >= 0.3 is 0 Å². The minimum Gasteiger partial charge on any atom is -0.496 e. The second-order valence-electron chi connectivity index (χ2n) is 20.6. The molecule has 26 N–H and O–H groups in total. The topological polar surface area (TPSA) is 560 Å². The Balaban J connectivity index is 1.58. The summed E-state index contributed by atoms with van der Waals surface area (Å²) >= 11 is 0. The summed E-state index contributed by atoms with van der Waals surface area (Å²) in [6.07, 6.45) is 1.70. The maximum Gasteiger partial charge on any atom is 0.255 e. The number of primary amides is 1. The lowest BCUT2D eigenvalue weighted by Gasteiger charge is -2.22. The Labute approximate surface area is 535 Å². The van der Waals surface area contributed by atoms with Gasteiger partial charge in [-0.3, -0.25) is 64.8 Å². The normalized spacial score (nSPS) is 11.8. The van der Waals surface area contributed by atoms with Crippen molar-refractivity contribution < 1.29 is 62.1 Å². The van der Waals surface area contributed by atoms with Crippen molar-refractivity contribution in [3.05, 3.63) is 95.1 Å². The third kappa shape index (κ3) is 24.7. The minimum absolute atomic E-state index is 0.0152. The van der Waals surface area contributed by atoms with Gasteiger partial charge in [0.1, 0.15) is 47.2 Å². The number of guanidine groups is 4. The average molecular weight is 1290 g/mol. The van der Waals surface area contributed by atoms with Gasteiger partial charge < -0.3 is 111 Å². The number of ether oxygens (including phenoxy) is 4. The van der Waals surface area contributed by atoms with E-state index in [9.17, 15) is 43.2 Å². The molecular formula is C59H83N21O13. The van der Waals surface area contributed by atoms with Crippen molar-refractivity contribution in [1.29, 1.82) is 21.6 Å². The van der Waals surface area contributed by atoms with E-state index in [2.05, 4.69) is 63.8 Å². The molecule has 34 heteroatoms. The molecule has 0 aromatic heterocycles. The molecule has 0 bridgehead atoms. The molecule has 4 atom stereocenters. The number of carbonyl (C=O) groups excluding carboxylic acids is 9. The number of amides is 9. The van der Waals surface area contributed by atoms with Gasteiger partial charge in [0.05, 0.1) is 50.7 Å². The highest BCUT2D eigenvalue weighted by Gasteiger charge is 2.29. The van der Waals surface area contributed by atoms with Crippen LogP contribution in [0.2, 0.25) is 0 Å². The van der Waals surface area contributed by atoms with Crippen LogP contribution in [0.3, 0.4) is 0 Å². The summed E-state index contributed by atoms with van der Waals surface area (Å²) in [5, 5.41) is 62.0. The number of unbranched alkanes of at least 4 members (excludes halogenated alkanes) is 1. The molecule has 0 unspecified atom stereocenters. The van der Waals surface area contributed by atoms with Gasteiger partial charge in [0.15, 0.2) is 23.8 Å². The fraction of sp³-hybridized carbons (Fsp3) is 0.373. The number of methoxy groups -OCH3 is 4. The highest BCUT2D eigenvalue weighted by atomic mass is 16.5. The Kier molecular flexibility index (Phi) is 29.7. The predicted octanol–water partition coefficient (Wildman–Crippen LogP) is -0.0824. The largest absolute Gasteiger partial charge is 0.496 e. The lowest BCUT2D eigenvalue weighted by molar-refractivity contribution is -0.126. The van der Waals surface area contributed by atoms with Crippen LogP contribution < -0.4 is 111 Å². The molecule has 34 nitrogen and oxygen atoms in total. The van der Waals surface area contributed by atoms with Crippen LogP contribution in [-0.4, -0.2) is 156 Å². The number of rotatable bonds is 37. The van der Waals surface area contributed by atoms with E-state index >= 15 is 0 Å².